The molecule has 1 nitrogen and oxygen atoms in total. The van der Waals surface area contributed by atoms with Crippen molar-refractivity contribution in [2.75, 3.05) is 6.61 Å². The molecule has 0 spiro atoms. The van der Waals surface area contributed by atoms with Gasteiger partial charge in [-0.25, -0.2) is 0 Å². The van der Waals surface area contributed by atoms with Crippen LogP contribution in [-0.2, 0) is 0 Å². The van der Waals surface area contributed by atoms with E-state index in [0.29, 0.717) is 6.61 Å². The first-order chi connectivity index (χ1) is 6.85. The van der Waals surface area contributed by atoms with Crippen molar-refractivity contribution in [2.24, 2.45) is 0 Å². The molecule has 0 unspecified atom stereocenters. The van der Waals surface area contributed by atoms with Gasteiger partial charge in [0.15, 0.2) is 0 Å². The fourth-order valence-electron chi connectivity index (χ4n) is 1.60. The highest BCUT2D eigenvalue weighted by Crippen LogP contribution is 2.14. The first kappa shape index (κ1) is 13.7. The molecule has 0 aromatic heterocycles. The summed E-state index contributed by atoms with van der Waals surface area (Å²) in [6, 6.07) is 0. The van der Waals surface area contributed by atoms with Crippen LogP contribution in [0.4, 0.5) is 0 Å². The highest BCUT2D eigenvalue weighted by molar-refractivity contribution is 5.01. The van der Waals surface area contributed by atoms with Gasteiger partial charge < -0.3 is 5.11 Å². The zero-order valence-corrected chi connectivity index (χ0v) is 9.89. The van der Waals surface area contributed by atoms with Crippen LogP contribution in [0.25, 0.3) is 0 Å². The lowest BCUT2D eigenvalue weighted by molar-refractivity contribution is 0.297. The molecular formula is C13H26O. The number of hydrogen-bond donors (Lipinski definition) is 1. The van der Waals surface area contributed by atoms with E-state index in [1.807, 2.05) is 0 Å². The van der Waals surface area contributed by atoms with Crippen molar-refractivity contribution in [1.82, 2.24) is 0 Å². The van der Waals surface area contributed by atoms with Gasteiger partial charge in [-0.2, -0.15) is 0 Å². The normalized spacial score (nSPS) is 12.1. The summed E-state index contributed by atoms with van der Waals surface area (Å²) in [5.74, 6) is 0. The number of aliphatic hydroxyl groups is 1. The van der Waals surface area contributed by atoms with E-state index >= 15 is 0 Å². The van der Waals surface area contributed by atoms with Crippen LogP contribution in [0.15, 0.2) is 11.6 Å². The van der Waals surface area contributed by atoms with Gasteiger partial charge in [-0.15, -0.1) is 0 Å². The van der Waals surface area contributed by atoms with Crippen molar-refractivity contribution in [2.45, 2.75) is 65.2 Å². The Labute approximate surface area is 89.2 Å². The third-order valence-electron chi connectivity index (χ3n) is 2.51. The van der Waals surface area contributed by atoms with Gasteiger partial charge in [0.25, 0.3) is 0 Å². The largest absolute Gasteiger partial charge is 0.396 e. The molecule has 84 valence electrons. The maximum atomic E-state index is 8.90. The first-order valence-corrected chi connectivity index (χ1v) is 6.13. The molecule has 0 bridgehead atoms. The van der Waals surface area contributed by atoms with Crippen LogP contribution in [0.2, 0.25) is 0 Å². The van der Waals surface area contributed by atoms with Crippen molar-refractivity contribution in [3.63, 3.8) is 0 Å². The van der Waals surface area contributed by atoms with Gasteiger partial charge in [-0.1, -0.05) is 51.2 Å². The second kappa shape index (κ2) is 10.8. The summed E-state index contributed by atoms with van der Waals surface area (Å²) >= 11 is 0. The molecule has 0 radical (unpaired) electrons. The van der Waals surface area contributed by atoms with Crippen LogP contribution in [0.3, 0.4) is 0 Å². The van der Waals surface area contributed by atoms with Gasteiger partial charge in [0, 0.05) is 6.61 Å². The zero-order chi connectivity index (χ0) is 10.6. The molecule has 0 rings (SSSR count). The number of unbranched alkanes of at least 4 members (excludes halogenated alkanes) is 4. The fourth-order valence-corrected chi connectivity index (χ4v) is 1.60. The molecule has 0 saturated carbocycles. The molecule has 14 heavy (non-hydrogen) atoms. The molecule has 0 aromatic rings. The molecule has 0 amide bonds. The van der Waals surface area contributed by atoms with Crippen LogP contribution in [0.1, 0.15) is 65.2 Å². The monoisotopic (exact) mass is 198 g/mol. The molecule has 0 heterocycles. The summed E-state index contributed by atoms with van der Waals surface area (Å²) in [6.07, 6.45) is 12.1. The first-order valence-electron chi connectivity index (χ1n) is 6.13. The number of aliphatic hydroxyl groups excluding tert-OH is 1. The molecule has 0 saturated heterocycles. The third kappa shape index (κ3) is 8.31. The van der Waals surface area contributed by atoms with Gasteiger partial charge in [-0.05, 0) is 25.7 Å². The zero-order valence-electron chi connectivity index (χ0n) is 9.89. The second-order valence-corrected chi connectivity index (χ2v) is 3.94. The molecule has 1 N–H and O–H groups in total. The minimum absolute atomic E-state index is 0.309. The average molecular weight is 198 g/mol. The standard InChI is InChI=1S/C13H26O/c1-3-5-7-8-10-13(11-12-14)9-6-4-2/h9,14H,3-8,10-12H2,1-2H3. The predicted molar refractivity (Wildman–Crippen MR) is 63.5 cm³/mol. The highest BCUT2D eigenvalue weighted by Gasteiger charge is 1.96. The van der Waals surface area contributed by atoms with E-state index in [9.17, 15) is 0 Å². The van der Waals surface area contributed by atoms with Crippen molar-refractivity contribution in [3.8, 4) is 0 Å². The summed E-state index contributed by atoms with van der Waals surface area (Å²) < 4.78 is 0. The van der Waals surface area contributed by atoms with E-state index < -0.39 is 0 Å². The third-order valence-corrected chi connectivity index (χ3v) is 2.51. The Morgan fingerprint density at radius 3 is 2.36 bits per heavy atom. The van der Waals surface area contributed by atoms with Gasteiger partial charge >= 0.3 is 0 Å². The molecular weight excluding hydrogens is 172 g/mol. The lowest BCUT2D eigenvalue weighted by Crippen LogP contribution is -1.90. The van der Waals surface area contributed by atoms with Crippen molar-refractivity contribution in [3.05, 3.63) is 11.6 Å². The van der Waals surface area contributed by atoms with Crippen molar-refractivity contribution in [1.29, 1.82) is 0 Å². The quantitative estimate of drug-likeness (QED) is 0.437. The maximum Gasteiger partial charge on any atom is 0.0468 e. The Bertz CT molecular complexity index is 138. The summed E-state index contributed by atoms with van der Waals surface area (Å²) in [4.78, 5) is 0. The fraction of sp³-hybridized carbons (Fsp3) is 0.846. The minimum atomic E-state index is 0.309. The summed E-state index contributed by atoms with van der Waals surface area (Å²) in [5, 5.41) is 8.90. The van der Waals surface area contributed by atoms with Gasteiger partial charge in [0.2, 0.25) is 0 Å². The Morgan fingerprint density at radius 2 is 1.79 bits per heavy atom. The van der Waals surface area contributed by atoms with Crippen molar-refractivity contribution >= 4 is 0 Å². The van der Waals surface area contributed by atoms with Gasteiger partial charge in [0.1, 0.15) is 0 Å². The molecule has 0 aliphatic heterocycles. The SMILES string of the molecule is CCCC=C(CCO)CCCCCC. The number of rotatable bonds is 9. The van der Waals surface area contributed by atoms with Crippen LogP contribution < -0.4 is 0 Å². The number of allylic oxidation sites excluding steroid dienone is 1. The van der Waals surface area contributed by atoms with Gasteiger partial charge in [0.05, 0.1) is 0 Å². The van der Waals surface area contributed by atoms with E-state index in [4.69, 9.17) is 5.11 Å². The Balaban J connectivity index is 3.61. The van der Waals surface area contributed by atoms with E-state index in [2.05, 4.69) is 19.9 Å². The van der Waals surface area contributed by atoms with Gasteiger partial charge in [-0.3, -0.25) is 0 Å². The van der Waals surface area contributed by atoms with E-state index in [0.717, 1.165) is 6.42 Å². The Morgan fingerprint density at radius 1 is 1.00 bits per heavy atom. The number of hydrogen-bond acceptors (Lipinski definition) is 1. The van der Waals surface area contributed by atoms with Crippen LogP contribution >= 0.6 is 0 Å². The smallest absolute Gasteiger partial charge is 0.0468 e. The lowest BCUT2D eigenvalue weighted by Gasteiger charge is -2.05. The predicted octanol–water partition coefficient (Wildman–Crippen LogP) is 4.07. The van der Waals surface area contributed by atoms with E-state index in [1.54, 1.807) is 0 Å². The van der Waals surface area contributed by atoms with Crippen LogP contribution in [-0.4, -0.2) is 11.7 Å². The molecule has 0 aliphatic carbocycles. The molecule has 0 fully saturated rings. The topological polar surface area (TPSA) is 20.2 Å². The Hall–Kier alpha value is -0.300. The molecule has 0 aliphatic rings. The lowest BCUT2D eigenvalue weighted by atomic mass is 10.0. The average Bonchev–Trinajstić information content (AvgIpc) is 2.20. The van der Waals surface area contributed by atoms with Crippen molar-refractivity contribution < 1.29 is 5.11 Å². The summed E-state index contributed by atoms with van der Waals surface area (Å²) in [6.45, 7) is 4.75. The van der Waals surface area contributed by atoms with Crippen LogP contribution in [0, 0.1) is 0 Å². The summed E-state index contributed by atoms with van der Waals surface area (Å²) in [7, 11) is 0. The Kier molecular flexibility index (Phi) is 10.5. The minimum Gasteiger partial charge on any atom is -0.396 e. The highest BCUT2D eigenvalue weighted by atomic mass is 16.2. The molecule has 1 heteroatoms. The second-order valence-electron chi connectivity index (χ2n) is 3.94. The van der Waals surface area contributed by atoms with E-state index in [-0.39, 0.29) is 0 Å². The van der Waals surface area contributed by atoms with E-state index in [1.165, 1.54) is 50.5 Å². The molecule has 0 atom stereocenters. The molecule has 0 aromatic carbocycles. The maximum absolute atomic E-state index is 8.90. The summed E-state index contributed by atoms with van der Waals surface area (Å²) in [5.41, 5.74) is 1.46. The van der Waals surface area contributed by atoms with Crippen LogP contribution in [0.5, 0.6) is 0 Å².